The van der Waals surface area contributed by atoms with Gasteiger partial charge in [-0.3, -0.25) is 4.79 Å². The lowest BCUT2D eigenvalue weighted by atomic mass is 10.2. The number of aromatic hydroxyl groups is 2. The zero-order valence-electron chi connectivity index (χ0n) is 12.8. The van der Waals surface area contributed by atoms with Crippen LogP contribution in [0.15, 0.2) is 47.6 Å². The second-order valence-corrected chi connectivity index (χ2v) is 5.08. The second kappa shape index (κ2) is 6.33. The van der Waals surface area contributed by atoms with Gasteiger partial charge in [-0.2, -0.15) is 5.10 Å². The second-order valence-electron chi connectivity index (χ2n) is 5.08. The summed E-state index contributed by atoms with van der Waals surface area (Å²) in [6.45, 7) is 0. The molecular formula is C17H15N3O4. The van der Waals surface area contributed by atoms with Crippen LogP contribution in [0.1, 0.15) is 16.1 Å². The van der Waals surface area contributed by atoms with Gasteiger partial charge in [0.25, 0.3) is 5.91 Å². The van der Waals surface area contributed by atoms with E-state index in [2.05, 4.69) is 15.5 Å². The first-order valence-corrected chi connectivity index (χ1v) is 7.09. The number of carbonyl (C=O) groups is 1. The molecule has 3 aromatic rings. The number of benzene rings is 2. The number of aromatic nitrogens is 1. The Morgan fingerprint density at radius 1 is 1.21 bits per heavy atom. The summed E-state index contributed by atoms with van der Waals surface area (Å²) in [5.41, 5.74) is 3.87. The molecule has 4 N–H and O–H groups in total. The summed E-state index contributed by atoms with van der Waals surface area (Å²) in [6.07, 6.45) is 1.29. The number of phenolic OH excluding ortho intramolecular Hbond substituents is 2. The van der Waals surface area contributed by atoms with Gasteiger partial charge >= 0.3 is 0 Å². The van der Waals surface area contributed by atoms with Gasteiger partial charge < -0.3 is 19.9 Å². The number of nitrogens with one attached hydrogen (secondary N) is 2. The van der Waals surface area contributed by atoms with Gasteiger partial charge in [-0.15, -0.1) is 0 Å². The third kappa shape index (κ3) is 3.14. The molecule has 0 saturated carbocycles. The molecule has 0 bridgehead atoms. The summed E-state index contributed by atoms with van der Waals surface area (Å²) < 4.78 is 5.14. The minimum absolute atomic E-state index is 0.0535. The Kier molecular flexibility index (Phi) is 4.07. The van der Waals surface area contributed by atoms with Crippen LogP contribution in [0.25, 0.3) is 10.9 Å². The van der Waals surface area contributed by atoms with Gasteiger partial charge in [0.1, 0.15) is 22.9 Å². The molecule has 122 valence electrons. The van der Waals surface area contributed by atoms with Crippen molar-refractivity contribution in [2.45, 2.75) is 0 Å². The van der Waals surface area contributed by atoms with Crippen LogP contribution >= 0.6 is 0 Å². The van der Waals surface area contributed by atoms with Crippen molar-refractivity contribution in [3.05, 3.63) is 53.7 Å². The molecule has 0 saturated heterocycles. The van der Waals surface area contributed by atoms with Crippen LogP contribution in [0.5, 0.6) is 17.2 Å². The number of hydrogen-bond donors (Lipinski definition) is 4. The van der Waals surface area contributed by atoms with E-state index in [0.717, 1.165) is 10.9 Å². The number of rotatable bonds is 4. The normalized spacial score (nSPS) is 11.0. The summed E-state index contributed by atoms with van der Waals surface area (Å²) >= 11 is 0. The number of amides is 1. The van der Waals surface area contributed by atoms with E-state index in [-0.39, 0.29) is 11.5 Å². The Labute approximate surface area is 137 Å². The molecule has 1 aromatic heterocycles. The number of methoxy groups -OCH3 is 1. The number of nitrogens with zero attached hydrogens (tertiary/aromatic N) is 1. The molecule has 0 aliphatic rings. The highest BCUT2D eigenvalue weighted by Crippen LogP contribution is 2.22. The van der Waals surface area contributed by atoms with Crippen LogP contribution in [0.2, 0.25) is 0 Å². The molecule has 24 heavy (non-hydrogen) atoms. The third-order valence-electron chi connectivity index (χ3n) is 3.46. The number of phenols is 2. The van der Waals surface area contributed by atoms with Crippen LogP contribution in [0.3, 0.4) is 0 Å². The van der Waals surface area contributed by atoms with E-state index >= 15 is 0 Å². The Morgan fingerprint density at radius 2 is 2.04 bits per heavy atom. The fourth-order valence-electron chi connectivity index (χ4n) is 2.22. The molecule has 2 aromatic carbocycles. The molecule has 0 fully saturated rings. The summed E-state index contributed by atoms with van der Waals surface area (Å²) in [5, 5.41) is 23.5. The Hall–Kier alpha value is -3.48. The first-order chi connectivity index (χ1) is 11.6. The molecule has 7 heteroatoms. The molecule has 0 unspecified atom stereocenters. The van der Waals surface area contributed by atoms with Gasteiger partial charge in [0, 0.05) is 28.6 Å². The van der Waals surface area contributed by atoms with Crippen LogP contribution in [-0.4, -0.2) is 34.4 Å². The fourth-order valence-corrected chi connectivity index (χ4v) is 2.22. The van der Waals surface area contributed by atoms with Crippen molar-refractivity contribution in [2.75, 3.05) is 7.11 Å². The molecule has 0 spiro atoms. The van der Waals surface area contributed by atoms with E-state index in [1.165, 1.54) is 24.4 Å². The number of hydrogen-bond acceptors (Lipinski definition) is 5. The number of fused-ring (bicyclic) bond motifs is 1. The summed E-state index contributed by atoms with van der Waals surface area (Å²) in [6, 6.07) is 11.2. The molecule has 0 atom stereocenters. The van der Waals surface area contributed by atoms with E-state index < -0.39 is 5.91 Å². The van der Waals surface area contributed by atoms with Crippen molar-refractivity contribution in [2.24, 2.45) is 5.10 Å². The van der Waals surface area contributed by atoms with Crippen LogP contribution < -0.4 is 10.2 Å². The van der Waals surface area contributed by atoms with E-state index in [0.29, 0.717) is 17.0 Å². The Bertz CT molecular complexity index is 931. The zero-order valence-corrected chi connectivity index (χ0v) is 12.8. The van der Waals surface area contributed by atoms with Gasteiger partial charge in [-0.25, -0.2) is 5.43 Å². The molecule has 1 heterocycles. The molecule has 0 aliphatic carbocycles. The van der Waals surface area contributed by atoms with E-state index in [1.807, 2.05) is 12.1 Å². The largest absolute Gasteiger partial charge is 0.508 e. The van der Waals surface area contributed by atoms with E-state index in [1.54, 1.807) is 19.2 Å². The van der Waals surface area contributed by atoms with Gasteiger partial charge in [-0.1, -0.05) is 0 Å². The Balaban J connectivity index is 1.73. The van der Waals surface area contributed by atoms with Crippen molar-refractivity contribution in [1.29, 1.82) is 0 Å². The van der Waals surface area contributed by atoms with Crippen molar-refractivity contribution in [3.63, 3.8) is 0 Å². The molecule has 1 amide bonds. The summed E-state index contributed by atoms with van der Waals surface area (Å²) in [5.74, 6) is 0.0877. The highest BCUT2D eigenvalue weighted by Gasteiger charge is 2.09. The molecule has 7 nitrogen and oxygen atoms in total. The molecular weight excluding hydrogens is 310 g/mol. The third-order valence-corrected chi connectivity index (χ3v) is 3.46. The van der Waals surface area contributed by atoms with Crippen LogP contribution in [-0.2, 0) is 0 Å². The quantitative estimate of drug-likeness (QED) is 0.436. The number of hydrazone groups is 1. The van der Waals surface area contributed by atoms with Gasteiger partial charge in [0.05, 0.1) is 13.3 Å². The lowest BCUT2D eigenvalue weighted by Crippen LogP contribution is -2.17. The SMILES string of the molecule is COc1ccc2cc(C(=O)N/N=C\c3ccc(O)cc3O)[nH]c2c1. The maximum atomic E-state index is 12.1. The van der Waals surface area contributed by atoms with Gasteiger partial charge in [-0.05, 0) is 30.3 Å². The highest BCUT2D eigenvalue weighted by molar-refractivity contribution is 5.98. The first kappa shape index (κ1) is 15.4. The first-order valence-electron chi connectivity index (χ1n) is 7.09. The smallest absolute Gasteiger partial charge is 0.287 e. The standard InChI is InChI=1S/C17H15N3O4/c1-24-13-5-3-10-6-15(19-14(10)8-13)17(23)20-18-9-11-2-4-12(21)7-16(11)22/h2-9,19,21-22H,1H3,(H,20,23)/b18-9-. The topological polar surface area (TPSA) is 107 Å². The monoisotopic (exact) mass is 325 g/mol. The average Bonchev–Trinajstić information content (AvgIpc) is 2.99. The minimum Gasteiger partial charge on any atom is -0.508 e. The predicted molar refractivity (Wildman–Crippen MR) is 89.7 cm³/mol. The predicted octanol–water partition coefficient (Wildman–Crippen LogP) is 2.35. The molecule has 3 rings (SSSR count). The van der Waals surface area contributed by atoms with Crippen molar-refractivity contribution >= 4 is 23.0 Å². The number of ether oxygens (including phenoxy) is 1. The minimum atomic E-state index is -0.417. The Morgan fingerprint density at radius 3 is 2.79 bits per heavy atom. The maximum absolute atomic E-state index is 12.1. The lowest BCUT2D eigenvalue weighted by molar-refractivity contribution is 0.0951. The van der Waals surface area contributed by atoms with E-state index in [4.69, 9.17) is 4.74 Å². The van der Waals surface area contributed by atoms with Crippen molar-refractivity contribution in [3.8, 4) is 17.2 Å². The number of carbonyl (C=O) groups excluding carboxylic acids is 1. The molecule has 0 aliphatic heterocycles. The van der Waals surface area contributed by atoms with Crippen LogP contribution in [0, 0.1) is 0 Å². The number of H-pyrrole nitrogens is 1. The fraction of sp³-hybridized carbons (Fsp3) is 0.0588. The lowest BCUT2D eigenvalue weighted by Gasteiger charge is -2.00. The molecule has 0 radical (unpaired) electrons. The summed E-state index contributed by atoms with van der Waals surface area (Å²) in [7, 11) is 1.57. The average molecular weight is 325 g/mol. The van der Waals surface area contributed by atoms with Crippen LogP contribution in [0.4, 0.5) is 0 Å². The van der Waals surface area contributed by atoms with Crippen molar-refractivity contribution in [1.82, 2.24) is 10.4 Å². The van der Waals surface area contributed by atoms with Crippen molar-refractivity contribution < 1.29 is 19.7 Å². The van der Waals surface area contributed by atoms with Gasteiger partial charge in [0.15, 0.2) is 0 Å². The summed E-state index contributed by atoms with van der Waals surface area (Å²) in [4.78, 5) is 15.1. The maximum Gasteiger partial charge on any atom is 0.287 e. The van der Waals surface area contributed by atoms with E-state index in [9.17, 15) is 15.0 Å². The zero-order chi connectivity index (χ0) is 17.1. The highest BCUT2D eigenvalue weighted by atomic mass is 16.5. The van der Waals surface area contributed by atoms with Gasteiger partial charge in [0.2, 0.25) is 0 Å². The number of aromatic amines is 1.